The number of rotatable bonds is 14. The summed E-state index contributed by atoms with van der Waals surface area (Å²) in [7, 11) is 1.32. The predicted octanol–water partition coefficient (Wildman–Crippen LogP) is 4.61. The molecular formula is C41H54N8O5Pd. The quantitative estimate of drug-likeness (QED) is 0.0763. The van der Waals surface area contributed by atoms with Gasteiger partial charge in [0, 0.05) is 77.1 Å². The molecule has 2 aliphatic rings. The second kappa shape index (κ2) is 19.1. The summed E-state index contributed by atoms with van der Waals surface area (Å²) in [6.07, 6.45) is 2.45. The summed E-state index contributed by atoms with van der Waals surface area (Å²) in [5.41, 5.74) is 19.0. The van der Waals surface area contributed by atoms with E-state index in [9.17, 15) is 19.2 Å². The molecule has 0 saturated carbocycles. The van der Waals surface area contributed by atoms with Crippen LogP contribution in [0.4, 0.5) is 0 Å². The average molecular weight is 845 g/mol. The second-order valence-corrected chi connectivity index (χ2v) is 14.5. The normalized spacial score (nSPS) is 17.7. The maximum Gasteiger partial charge on any atom is 2.00 e. The van der Waals surface area contributed by atoms with E-state index in [1.165, 1.54) is 7.11 Å². The maximum atomic E-state index is 14.1. The van der Waals surface area contributed by atoms with E-state index in [-0.39, 0.29) is 74.5 Å². The Hall–Kier alpha value is -4.22. The zero-order chi connectivity index (χ0) is 39.3. The number of nitrogens with one attached hydrogen (secondary N) is 2. The van der Waals surface area contributed by atoms with E-state index in [2.05, 4.69) is 24.5 Å². The molecule has 55 heavy (non-hydrogen) atoms. The molecule has 6 N–H and O–H groups in total. The third kappa shape index (κ3) is 9.26. The molecule has 4 atom stereocenters. The second-order valence-electron chi connectivity index (χ2n) is 14.5. The number of hydrogen-bond acceptors (Lipinski definition) is 9. The first-order valence-electron chi connectivity index (χ1n) is 19.0. The molecule has 0 spiro atoms. The third-order valence-electron chi connectivity index (χ3n) is 10.9. The largest absolute Gasteiger partial charge is 2.00 e. The number of methoxy groups -OCH3 is 1. The number of esters is 1. The summed E-state index contributed by atoms with van der Waals surface area (Å²) in [4.78, 5) is 73.8. The minimum Gasteiger partial charge on any atom is -0.657 e. The first kappa shape index (κ1) is 43.5. The van der Waals surface area contributed by atoms with Crippen LogP contribution in [0.5, 0.6) is 0 Å². The van der Waals surface area contributed by atoms with Crippen molar-refractivity contribution >= 4 is 45.6 Å². The van der Waals surface area contributed by atoms with Crippen LogP contribution in [0.15, 0.2) is 18.2 Å². The summed E-state index contributed by atoms with van der Waals surface area (Å²) in [6.45, 7) is 13.3. The molecule has 8 bridgehead atoms. The predicted molar refractivity (Wildman–Crippen MR) is 209 cm³/mol. The molecule has 5 heterocycles. The fourth-order valence-corrected chi connectivity index (χ4v) is 7.78. The molecule has 0 aromatic carbocycles. The maximum absolute atomic E-state index is 14.1. The number of carbonyl (C=O) groups excluding carboxylic acids is 4. The Morgan fingerprint density at radius 2 is 1.40 bits per heavy atom. The van der Waals surface area contributed by atoms with E-state index in [4.69, 9.17) is 36.1 Å². The van der Waals surface area contributed by atoms with Gasteiger partial charge in [0.05, 0.1) is 13.5 Å². The van der Waals surface area contributed by atoms with Crippen LogP contribution in [0, 0.1) is 13.8 Å². The van der Waals surface area contributed by atoms with Gasteiger partial charge in [-0.05, 0) is 65.1 Å². The van der Waals surface area contributed by atoms with Crippen LogP contribution < -0.4 is 32.1 Å². The van der Waals surface area contributed by atoms with Gasteiger partial charge in [-0.2, -0.15) is 0 Å². The van der Waals surface area contributed by atoms with Crippen molar-refractivity contribution in [3.8, 4) is 0 Å². The molecule has 0 fully saturated rings. The fourth-order valence-electron chi connectivity index (χ4n) is 7.78. The van der Waals surface area contributed by atoms with E-state index >= 15 is 0 Å². The molecule has 3 aromatic rings. The number of Topliss-reactive ketones (excluding diaryl/α,β-unsaturated/α-hetero) is 1. The van der Waals surface area contributed by atoms with E-state index < -0.39 is 5.97 Å². The summed E-state index contributed by atoms with van der Waals surface area (Å²) < 4.78 is 5.20. The molecule has 2 amide bonds. The van der Waals surface area contributed by atoms with E-state index in [0.717, 1.165) is 23.4 Å². The van der Waals surface area contributed by atoms with E-state index in [0.29, 0.717) is 101 Å². The van der Waals surface area contributed by atoms with Crippen molar-refractivity contribution in [2.75, 3.05) is 33.3 Å². The van der Waals surface area contributed by atoms with Gasteiger partial charge in [-0.15, -0.1) is 22.1 Å². The Labute approximate surface area is 336 Å². The number of amides is 2. The molecule has 0 aliphatic carbocycles. The van der Waals surface area contributed by atoms with Gasteiger partial charge >= 0.3 is 26.4 Å². The standard InChI is InChI=1S/C41H56N8O5.Pd/c1-8-26-21(2)29-20-34-37(25(6)50)23(4)31(47-34)18-30-22(3)27(11-12-35(51)44-15-9-13-42)39(48-30)28(17-36(52)54-7)40-38(41(53)45-16-10-14-43)24(5)32(49-40)19-33(26)46-29;/h18-22,26-27H,8-17,42-43H2,1-7H3,(H4,44,45,46,47,48,49,50,51,53);/q;+2/p-2/t21-,22+,26-,27+;/m1./s1. The van der Waals surface area contributed by atoms with Crippen LogP contribution in [-0.4, -0.2) is 66.8 Å². The van der Waals surface area contributed by atoms with Crippen molar-refractivity contribution in [1.82, 2.24) is 30.6 Å². The number of carbonyl (C=O) groups is 4. The van der Waals surface area contributed by atoms with Gasteiger partial charge in [0.1, 0.15) is 0 Å². The van der Waals surface area contributed by atoms with Gasteiger partial charge in [-0.3, -0.25) is 29.1 Å². The summed E-state index contributed by atoms with van der Waals surface area (Å²) in [6, 6.07) is 5.74. The van der Waals surface area contributed by atoms with Gasteiger partial charge in [0.25, 0.3) is 0 Å². The Morgan fingerprint density at radius 1 is 0.818 bits per heavy atom. The number of hydrogen-bond donors (Lipinski definition) is 4. The van der Waals surface area contributed by atoms with Crippen molar-refractivity contribution in [2.24, 2.45) is 11.5 Å². The number of ketones is 1. The molecule has 0 radical (unpaired) electrons. The van der Waals surface area contributed by atoms with E-state index in [1.54, 1.807) is 6.92 Å². The SMILES string of the molecule is CC[C@H]1c2cc3[n-]c(c(CC(=O)OC)c4nc(cc5[n-]c(cc(n2)[C@@H]1C)c(C(C)=O)c5C)[C@@H](C)[C@@H]4CCC(=O)NCCCN)c(C(=O)NCCCN)c3C.[Pd+2]. The van der Waals surface area contributed by atoms with Gasteiger partial charge in [-0.1, -0.05) is 50.1 Å². The smallest absolute Gasteiger partial charge is 0.657 e. The van der Waals surface area contributed by atoms with Crippen molar-refractivity contribution in [3.05, 3.63) is 68.8 Å². The van der Waals surface area contributed by atoms with Gasteiger partial charge in [0.15, 0.2) is 5.78 Å². The molecule has 2 aliphatic heterocycles. The Bertz CT molecular complexity index is 2090. The molecule has 0 unspecified atom stereocenters. The zero-order valence-corrected chi connectivity index (χ0v) is 34.5. The van der Waals surface area contributed by atoms with Gasteiger partial charge in [-0.25, -0.2) is 0 Å². The minimum atomic E-state index is -0.523. The Kier molecular flexibility index (Phi) is 15.1. The first-order valence-corrected chi connectivity index (χ1v) is 19.0. The Morgan fingerprint density at radius 3 is 2.04 bits per heavy atom. The average Bonchev–Trinajstić information content (AvgIpc) is 3.82. The van der Waals surface area contributed by atoms with Crippen molar-refractivity contribution < 1.29 is 44.3 Å². The Balaban J connectivity index is 0.00000673. The summed E-state index contributed by atoms with van der Waals surface area (Å²) >= 11 is 0. The van der Waals surface area contributed by atoms with Crippen molar-refractivity contribution in [3.63, 3.8) is 0 Å². The molecule has 5 rings (SSSR count). The monoisotopic (exact) mass is 844 g/mol. The zero-order valence-electron chi connectivity index (χ0n) is 32.9. The fraction of sp³-hybridized carbons (Fsp3) is 0.512. The van der Waals surface area contributed by atoms with E-state index in [1.807, 2.05) is 39.0 Å². The molecule has 298 valence electrons. The molecule has 13 nitrogen and oxygen atoms in total. The van der Waals surface area contributed by atoms with Crippen LogP contribution in [0.1, 0.15) is 144 Å². The summed E-state index contributed by atoms with van der Waals surface area (Å²) in [5.74, 6) is -1.56. The molecule has 3 aromatic heterocycles. The number of nitrogens with zero attached hydrogens (tertiary/aromatic N) is 4. The van der Waals surface area contributed by atoms with Crippen LogP contribution in [0.3, 0.4) is 0 Å². The minimum absolute atomic E-state index is 0. The van der Waals surface area contributed by atoms with Gasteiger partial charge < -0.3 is 36.8 Å². The third-order valence-corrected chi connectivity index (χ3v) is 10.9. The number of fused-ring (bicyclic) bond motifs is 8. The number of aryl methyl sites for hydroxylation is 2. The molecule has 0 saturated heterocycles. The first-order chi connectivity index (χ1) is 25.8. The molecule has 14 heteroatoms. The van der Waals surface area contributed by atoms with Crippen LogP contribution in [-0.2, 0) is 41.2 Å². The van der Waals surface area contributed by atoms with Crippen molar-refractivity contribution in [1.29, 1.82) is 0 Å². The molecular weight excluding hydrogens is 791 g/mol. The number of aromatic nitrogens is 4. The topological polar surface area (TPSA) is 208 Å². The number of ether oxygens (including phenoxy) is 1. The van der Waals surface area contributed by atoms with Gasteiger partial charge in [0.2, 0.25) is 11.8 Å². The van der Waals surface area contributed by atoms with Crippen LogP contribution in [0.25, 0.3) is 22.1 Å². The van der Waals surface area contributed by atoms with Crippen LogP contribution in [0.2, 0.25) is 0 Å². The van der Waals surface area contributed by atoms with Crippen molar-refractivity contribution in [2.45, 2.75) is 104 Å². The number of nitrogens with two attached hydrogens (primary N) is 2. The summed E-state index contributed by atoms with van der Waals surface area (Å²) in [5, 5.41) is 5.93. The van der Waals surface area contributed by atoms with Crippen LogP contribution >= 0.6 is 0 Å².